The highest BCUT2D eigenvalue weighted by Gasteiger charge is 2.12. The van der Waals surface area contributed by atoms with E-state index in [-0.39, 0.29) is 5.69 Å². The van der Waals surface area contributed by atoms with Gasteiger partial charge < -0.3 is 15.4 Å². The van der Waals surface area contributed by atoms with Gasteiger partial charge in [-0.15, -0.1) is 11.3 Å². The van der Waals surface area contributed by atoms with E-state index in [4.69, 9.17) is 5.11 Å². The Morgan fingerprint density at radius 2 is 2.44 bits per heavy atom. The predicted molar refractivity (Wildman–Crippen MR) is 59.9 cm³/mol. The van der Waals surface area contributed by atoms with Crippen LogP contribution in [0.15, 0.2) is 17.9 Å². The molecule has 0 saturated carbocycles. The van der Waals surface area contributed by atoms with Gasteiger partial charge in [-0.2, -0.15) is 0 Å². The Hall–Kier alpha value is -1.89. The number of rotatable bonds is 5. The van der Waals surface area contributed by atoms with Gasteiger partial charge in [-0.1, -0.05) is 0 Å². The minimum absolute atomic E-state index is 0.0736. The first kappa shape index (κ1) is 10.6. The lowest BCUT2D eigenvalue weighted by molar-refractivity contribution is 0.0692. The third kappa shape index (κ3) is 2.37. The second-order valence-electron chi connectivity index (χ2n) is 3.05. The van der Waals surface area contributed by atoms with Crippen molar-refractivity contribution < 1.29 is 9.90 Å². The highest BCUT2D eigenvalue weighted by molar-refractivity contribution is 7.14. The first-order valence-corrected chi connectivity index (χ1v) is 5.54. The third-order valence-electron chi connectivity index (χ3n) is 1.97. The summed E-state index contributed by atoms with van der Waals surface area (Å²) in [5, 5.41) is 12.4. The molecule has 0 saturated heterocycles. The molecule has 0 aliphatic heterocycles. The smallest absolute Gasteiger partial charge is 0.357 e. The Morgan fingerprint density at radius 1 is 1.56 bits per heavy atom. The molecular formula is C9H10N4O2S. The van der Waals surface area contributed by atoms with Crippen LogP contribution in [-0.4, -0.2) is 32.6 Å². The van der Waals surface area contributed by atoms with Crippen molar-refractivity contribution in [2.24, 2.45) is 0 Å². The van der Waals surface area contributed by atoms with Crippen LogP contribution in [0.5, 0.6) is 0 Å². The molecule has 0 atom stereocenters. The zero-order valence-electron chi connectivity index (χ0n) is 8.30. The van der Waals surface area contributed by atoms with E-state index in [0.29, 0.717) is 18.0 Å². The maximum Gasteiger partial charge on any atom is 0.357 e. The van der Waals surface area contributed by atoms with Gasteiger partial charge in [-0.25, -0.2) is 14.8 Å². The first-order chi connectivity index (χ1) is 7.77. The molecule has 0 amide bonds. The topological polar surface area (TPSA) is 90.9 Å². The molecule has 0 aliphatic carbocycles. The summed E-state index contributed by atoms with van der Waals surface area (Å²) in [4.78, 5) is 21.6. The summed E-state index contributed by atoms with van der Waals surface area (Å²) < 4.78 is 0. The van der Waals surface area contributed by atoms with Gasteiger partial charge in [0.05, 0.1) is 5.51 Å². The number of aromatic carboxylic acids is 1. The van der Waals surface area contributed by atoms with Gasteiger partial charge in [0.15, 0.2) is 5.69 Å². The molecule has 2 rings (SSSR count). The molecular weight excluding hydrogens is 228 g/mol. The molecule has 84 valence electrons. The molecule has 16 heavy (non-hydrogen) atoms. The minimum Gasteiger partial charge on any atom is -0.476 e. The number of thiazole rings is 1. The number of aromatic amines is 1. The van der Waals surface area contributed by atoms with Crippen molar-refractivity contribution in [1.82, 2.24) is 15.0 Å². The second-order valence-corrected chi connectivity index (χ2v) is 3.90. The lowest BCUT2D eigenvalue weighted by atomic mass is 10.4. The number of aromatic nitrogens is 3. The maximum absolute atomic E-state index is 10.8. The van der Waals surface area contributed by atoms with Crippen LogP contribution < -0.4 is 5.32 Å². The number of hydrogen-bond donors (Lipinski definition) is 3. The molecule has 2 aromatic rings. The summed E-state index contributed by atoms with van der Waals surface area (Å²) in [5.41, 5.74) is 1.59. The number of anilines is 1. The zero-order valence-corrected chi connectivity index (χ0v) is 9.12. The largest absolute Gasteiger partial charge is 0.476 e. The van der Waals surface area contributed by atoms with Gasteiger partial charge in [-0.3, -0.25) is 0 Å². The number of carboxylic acids is 1. The molecule has 3 N–H and O–H groups in total. The van der Waals surface area contributed by atoms with Gasteiger partial charge in [0.2, 0.25) is 0 Å². The van der Waals surface area contributed by atoms with Crippen LogP contribution in [-0.2, 0) is 6.42 Å². The highest BCUT2D eigenvalue weighted by atomic mass is 32.1. The van der Waals surface area contributed by atoms with Crippen LogP contribution in [0.2, 0.25) is 0 Å². The number of imidazole rings is 1. The molecule has 2 aromatic heterocycles. The molecule has 7 heteroatoms. The molecule has 0 spiro atoms. The van der Waals surface area contributed by atoms with Crippen molar-refractivity contribution in [3.05, 3.63) is 29.4 Å². The Morgan fingerprint density at radius 3 is 3.12 bits per heavy atom. The van der Waals surface area contributed by atoms with Gasteiger partial charge in [0.25, 0.3) is 0 Å². The Kier molecular flexibility index (Phi) is 3.16. The van der Waals surface area contributed by atoms with Crippen LogP contribution in [0.25, 0.3) is 0 Å². The zero-order chi connectivity index (χ0) is 11.4. The van der Waals surface area contributed by atoms with E-state index in [2.05, 4.69) is 20.3 Å². The molecule has 6 nitrogen and oxygen atoms in total. The second kappa shape index (κ2) is 4.75. The van der Waals surface area contributed by atoms with E-state index in [1.54, 1.807) is 12.4 Å². The lowest BCUT2D eigenvalue weighted by Crippen LogP contribution is -2.08. The normalized spacial score (nSPS) is 10.2. The summed E-state index contributed by atoms with van der Waals surface area (Å²) in [6.45, 7) is 0.621. The van der Waals surface area contributed by atoms with Gasteiger partial charge >= 0.3 is 5.97 Å². The van der Waals surface area contributed by atoms with Crippen LogP contribution >= 0.6 is 11.3 Å². The molecule has 0 unspecified atom stereocenters. The van der Waals surface area contributed by atoms with Crippen LogP contribution in [0.1, 0.15) is 16.3 Å². The Labute approximate surface area is 95.4 Å². The minimum atomic E-state index is -1.01. The molecule has 0 fully saturated rings. The highest BCUT2D eigenvalue weighted by Crippen LogP contribution is 2.19. The number of carbonyl (C=O) groups is 1. The van der Waals surface area contributed by atoms with Crippen molar-refractivity contribution in [2.75, 3.05) is 11.9 Å². The van der Waals surface area contributed by atoms with Gasteiger partial charge in [0, 0.05) is 25.4 Å². The standard InChI is InChI=1S/C9H10N4O2S/c14-9(15)7-8(16-5-13-7)12-2-1-6-10-3-4-11-6/h3-5,12H,1-2H2,(H,10,11)(H,14,15). The van der Waals surface area contributed by atoms with E-state index in [1.165, 1.54) is 16.8 Å². The van der Waals surface area contributed by atoms with Gasteiger partial charge in [0.1, 0.15) is 10.8 Å². The number of H-pyrrole nitrogens is 1. The first-order valence-electron chi connectivity index (χ1n) is 4.66. The summed E-state index contributed by atoms with van der Waals surface area (Å²) in [5.74, 6) is -0.143. The molecule has 0 aromatic carbocycles. The number of nitrogens with one attached hydrogen (secondary N) is 2. The van der Waals surface area contributed by atoms with E-state index >= 15 is 0 Å². The molecule has 0 bridgehead atoms. The average Bonchev–Trinajstić information content (AvgIpc) is 2.87. The fourth-order valence-electron chi connectivity index (χ4n) is 1.25. The van der Waals surface area contributed by atoms with Crippen molar-refractivity contribution >= 4 is 22.3 Å². The number of nitrogens with zero attached hydrogens (tertiary/aromatic N) is 2. The predicted octanol–water partition coefficient (Wildman–Crippen LogP) is 1.22. The maximum atomic E-state index is 10.8. The number of carboxylic acid groups (broad SMARTS) is 1. The van der Waals surface area contributed by atoms with Crippen molar-refractivity contribution in [3.63, 3.8) is 0 Å². The Bertz CT molecular complexity index is 466. The monoisotopic (exact) mass is 238 g/mol. The summed E-state index contributed by atoms with van der Waals surface area (Å²) in [6.07, 6.45) is 4.15. The Balaban J connectivity index is 1.90. The lowest BCUT2D eigenvalue weighted by Gasteiger charge is -2.02. The summed E-state index contributed by atoms with van der Waals surface area (Å²) in [6, 6.07) is 0. The average molecular weight is 238 g/mol. The summed E-state index contributed by atoms with van der Waals surface area (Å²) >= 11 is 1.28. The molecule has 0 radical (unpaired) electrons. The van der Waals surface area contributed by atoms with Crippen LogP contribution in [0, 0.1) is 0 Å². The van der Waals surface area contributed by atoms with Crippen molar-refractivity contribution in [2.45, 2.75) is 6.42 Å². The van der Waals surface area contributed by atoms with E-state index in [9.17, 15) is 4.79 Å². The fraction of sp³-hybridized carbons (Fsp3) is 0.222. The van der Waals surface area contributed by atoms with Crippen LogP contribution in [0.4, 0.5) is 5.00 Å². The molecule has 0 aliphatic rings. The fourth-order valence-corrected chi connectivity index (χ4v) is 1.95. The van der Waals surface area contributed by atoms with Crippen molar-refractivity contribution in [1.29, 1.82) is 0 Å². The molecule has 2 heterocycles. The van der Waals surface area contributed by atoms with E-state index in [0.717, 1.165) is 5.82 Å². The third-order valence-corrected chi connectivity index (χ3v) is 2.76. The summed E-state index contributed by atoms with van der Waals surface area (Å²) in [7, 11) is 0. The van der Waals surface area contributed by atoms with Crippen molar-refractivity contribution in [3.8, 4) is 0 Å². The van der Waals surface area contributed by atoms with Crippen LogP contribution in [0.3, 0.4) is 0 Å². The SMILES string of the molecule is O=C(O)c1ncsc1NCCc1ncc[nH]1. The van der Waals surface area contributed by atoms with Gasteiger partial charge in [-0.05, 0) is 0 Å². The van der Waals surface area contributed by atoms with E-state index in [1.807, 2.05) is 0 Å². The number of hydrogen-bond acceptors (Lipinski definition) is 5. The quantitative estimate of drug-likeness (QED) is 0.728. The van der Waals surface area contributed by atoms with E-state index < -0.39 is 5.97 Å².